The average Bonchev–Trinajstić information content (AvgIpc) is 4.19. The SMILES string of the molecule is [C-]#N.[Pt+4].[c-]1c(N2[CH-]N(c3c(-c4ccccc4)cccc3-c3ccccc3)c3ccccc32)cccc1N1[CH-]n2c3c(-c4ccccc4)cccc3c3cc(-c4ccccc4)ccc3c3ccccc3c3cccc1c32. The number of fused-ring (bicyclic) bond motifs is 8. The first-order valence-corrected chi connectivity index (χ1v) is 24.8. The van der Waals surface area contributed by atoms with Crippen LogP contribution in [-0.2, 0) is 21.1 Å². The standard InChI is InChI=1S/C68H45N4.CN.Pt/c1-5-21-47(22-6-1)51-41-42-59-57-31-13-14-32-58(57)60-37-20-40-65-68(60)72(67-56(50-27-11-4-12-28-50)35-19-36-61(67)62(59)43-51)46-70(65)53-30-17-29-52(44-53)69-45-71(64-39-16-15-38-63(64)69)66-54(48-23-7-2-8-24-48)33-18-34-55(66)49-25-9-3-10-26-49;1-2;/h1-43,45-46H;;/q-3;-1;+4. The molecule has 0 bridgehead atoms. The van der Waals surface area contributed by atoms with E-state index in [1.807, 2.05) is 0 Å². The van der Waals surface area contributed by atoms with Crippen LogP contribution in [0.25, 0.3) is 87.9 Å². The van der Waals surface area contributed by atoms with E-state index >= 15 is 0 Å². The molecule has 2 aliphatic rings. The van der Waals surface area contributed by atoms with E-state index < -0.39 is 0 Å². The van der Waals surface area contributed by atoms with E-state index in [-0.39, 0.29) is 21.1 Å². The Morgan fingerprint density at radius 2 is 0.720 bits per heavy atom. The molecule has 12 aromatic rings. The molecule has 0 unspecified atom stereocenters. The molecule has 14 rings (SSSR count). The molecule has 356 valence electrons. The predicted molar refractivity (Wildman–Crippen MR) is 307 cm³/mol. The van der Waals surface area contributed by atoms with Gasteiger partial charge < -0.3 is 31.1 Å². The first kappa shape index (κ1) is 46.7. The van der Waals surface area contributed by atoms with Crippen molar-refractivity contribution in [1.82, 2.24) is 4.57 Å². The monoisotopic (exact) mass is 1140 g/mol. The van der Waals surface area contributed by atoms with Crippen molar-refractivity contribution in [1.29, 1.82) is 5.26 Å². The second kappa shape index (κ2) is 19.9. The van der Waals surface area contributed by atoms with Gasteiger partial charge in [0.1, 0.15) is 0 Å². The fourth-order valence-electron chi connectivity index (χ4n) is 11.1. The van der Waals surface area contributed by atoms with Crippen LogP contribution in [0.4, 0.5) is 34.1 Å². The zero-order valence-electron chi connectivity index (χ0n) is 40.5. The van der Waals surface area contributed by atoms with Crippen LogP contribution < -0.4 is 14.7 Å². The van der Waals surface area contributed by atoms with Crippen molar-refractivity contribution in [3.63, 3.8) is 0 Å². The Hall–Kier alpha value is -9.33. The molecule has 0 fully saturated rings. The van der Waals surface area contributed by atoms with Crippen molar-refractivity contribution in [2.45, 2.75) is 0 Å². The van der Waals surface area contributed by atoms with Crippen LogP contribution in [0.2, 0.25) is 0 Å². The number of benzene rings is 11. The molecule has 5 nitrogen and oxygen atoms in total. The zero-order valence-corrected chi connectivity index (χ0v) is 42.8. The summed E-state index contributed by atoms with van der Waals surface area (Å²) in [6.07, 6.45) is 0. The molecule has 0 spiro atoms. The quantitative estimate of drug-likeness (QED) is 0.149. The number of nitrogens with zero attached hydrogens (tertiary/aromatic N) is 5. The Morgan fingerprint density at radius 3 is 1.33 bits per heavy atom. The molecular formula is C69H45N5Pt. The number of para-hydroxylation sites is 5. The van der Waals surface area contributed by atoms with Crippen molar-refractivity contribution in [2.75, 3.05) is 14.7 Å². The van der Waals surface area contributed by atoms with Gasteiger partial charge in [0.05, 0.1) is 0 Å². The van der Waals surface area contributed by atoms with Crippen LogP contribution in [0.15, 0.2) is 261 Å². The molecule has 0 amide bonds. The molecule has 11 aromatic carbocycles. The molecule has 0 radical (unpaired) electrons. The van der Waals surface area contributed by atoms with Crippen LogP contribution in [0.3, 0.4) is 0 Å². The summed E-state index contributed by atoms with van der Waals surface area (Å²) in [6.45, 7) is 9.28. The summed E-state index contributed by atoms with van der Waals surface area (Å²) < 4.78 is 2.45. The molecule has 2 aliphatic heterocycles. The van der Waals surface area contributed by atoms with E-state index in [1.165, 1.54) is 32.7 Å². The number of hydrogen-bond donors (Lipinski definition) is 0. The molecule has 3 heterocycles. The Morgan fingerprint density at radius 1 is 0.307 bits per heavy atom. The van der Waals surface area contributed by atoms with Gasteiger partial charge in [0.15, 0.2) is 0 Å². The molecule has 0 saturated heterocycles. The number of rotatable bonds is 7. The fraction of sp³-hybridized carbons (Fsp3) is 0. The normalized spacial score (nSPS) is 12.2. The number of aromatic nitrogens is 1. The Kier molecular flexibility index (Phi) is 12.4. The first-order valence-electron chi connectivity index (χ1n) is 24.8. The predicted octanol–water partition coefficient (Wildman–Crippen LogP) is 18.3. The smallest absolute Gasteiger partial charge is 0.512 e. The third-order valence-electron chi connectivity index (χ3n) is 14.4. The molecule has 0 aliphatic carbocycles. The summed E-state index contributed by atoms with van der Waals surface area (Å²) in [4.78, 5) is 6.99. The molecule has 1 aromatic heterocycles. The topological polar surface area (TPSA) is 38.4 Å². The largest absolute Gasteiger partial charge is 4.00 e. The van der Waals surface area contributed by atoms with Crippen molar-refractivity contribution in [2.24, 2.45) is 0 Å². The summed E-state index contributed by atoms with van der Waals surface area (Å²) in [5.74, 6) is 0. The van der Waals surface area contributed by atoms with E-state index in [2.05, 4.69) is 300 Å². The van der Waals surface area contributed by atoms with E-state index in [0.717, 1.165) is 89.3 Å². The Labute approximate surface area is 451 Å². The molecule has 0 N–H and O–H groups in total. The maximum absolute atomic E-state index is 6.25. The van der Waals surface area contributed by atoms with Crippen LogP contribution in [0.5, 0.6) is 0 Å². The minimum absolute atomic E-state index is 0. The minimum Gasteiger partial charge on any atom is -0.512 e. The molecule has 6 heteroatoms. The third-order valence-corrected chi connectivity index (χ3v) is 14.4. The molecule has 0 saturated carbocycles. The van der Waals surface area contributed by atoms with E-state index in [4.69, 9.17) is 11.8 Å². The Balaban J connectivity index is 0.00000188. The van der Waals surface area contributed by atoms with Gasteiger partial charge in [0.2, 0.25) is 0 Å². The van der Waals surface area contributed by atoms with Gasteiger partial charge in [-0.3, -0.25) is 0 Å². The van der Waals surface area contributed by atoms with Crippen LogP contribution in [0, 0.1) is 31.2 Å². The average molecular weight is 1140 g/mol. The van der Waals surface area contributed by atoms with Crippen molar-refractivity contribution in [3.8, 4) is 44.5 Å². The van der Waals surface area contributed by atoms with E-state index in [1.54, 1.807) is 0 Å². The Bertz CT molecular complexity index is 4110. The van der Waals surface area contributed by atoms with Gasteiger partial charge in [-0.1, -0.05) is 224 Å². The van der Waals surface area contributed by atoms with E-state index in [0.29, 0.717) is 0 Å². The van der Waals surface area contributed by atoms with Gasteiger partial charge in [-0.05, 0) is 108 Å². The second-order valence-electron chi connectivity index (χ2n) is 18.5. The van der Waals surface area contributed by atoms with Gasteiger partial charge in [0, 0.05) is 33.9 Å². The molecule has 75 heavy (non-hydrogen) atoms. The van der Waals surface area contributed by atoms with Crippen LogP contribution >= 0.6 is 0 Å². The van der Waals surface area contributed by atoms with Crippen molar-refractivity contribution < 1.29 is 21.1 Å². The summed E-state index contributed by atoms with van der Waals surface area (Å²) in [5, 5.41) is 13.3. The number of hydrogen-bond acceptors (Lipinski definition) is 4. The first-order chi connectivity index (χ1) is 36.7. The second-order valence-corrected chi connectivity index (χ2v) is 18.5. The maximum Gasteiger partial charge on any atom is 4.00 e. The maximum atomic E-state index is 6.25. The molecule has 0 atom stereocenters. The summed E-state index contributed by atoms with van der Waals surface area (Å²) in [6, 6.07) is 98.3. The van der Waals surface area contributed by atoms with Crippen LogP contribution in [0.1, 0.15) is 0 Å². The van der Waals surface area contributed by atoms with Crippen molar-refractivity contribution in [3.05, 3.63) is 287 Å². The third kappa shape index (κ3) is 8.05. The minimum atomic E-state index is 0. The number of anilines is 6. The van der Waals surface area contributed by atoms with E-state index in [9.17, 15) is 0 Å². The molecular weight excluding hydrogens is 1090 g/mol. The van der Waals surface area contributed by atoms with Gasteiger partial charge >= 0.3 is 21.1 Å². The zero-order chi connectivity index (χ0) is 49.5. The summed E-state index contributed by atoms with van der Waals surface area (Å²) in [7, 11) is 0. The summed E-state index contributed by atoms with van der Waals surface area (Å²) in [5.41, 5.74) is 17.8. The fourth-order valence-corrected chi connectivity index (χ4v) is 11.1. The summed E-state index contributed by atoms with van der Waals surface area (Å²) >= 11 is 0. The van der Waals surface area contributed by atoms with Gasteiger partial charge in [-0.25, -0.2) is 0 Å². The van der Waals surface area contributed by atoms with Crippen molar-refractivity contribution >= 4 is 77.5 Å². The van der Waals surface area contributed by atoms with Crippen LogP contribution in [-0.4, -0.2) is 4.57 Å². The van der Waals surface area contributed by atoms with Gasteiger partial charge in [-0.2, -0.15) is 6.07 Å². The van der Waals surface area contributed by atoms with Gasteiger partial charge in [0.25, 0.3) is 0 Å². The van der Waals surface area contributed by atoms with Gasteiger partial charge in [-0.15, -0.1) is 30.6 Å².